The lowest BCUT2D eigenvalue weighted by Gasteiger charge is -2.26. The Labute approximate surface area is 324 Å². The molecular weight excluding hydrogens is 669 g/mol. The van der Waals surface area contributed by atoms with Crippen LogP contribution in [0.1, 0.15) is 5.48 Å². The lowest BCUT2D eigenvalue weighted by atomic mass is 9.94. The molecule has 258 valence electrons. The van der Waals surface area contributed by atoms with E-state index in [1.54, 1.807) is 0 Å². The number of fused-ring (bicyclic) bond motifs is 8. The SMILES string of the molecule is [2H]c1c([2H])c([2H])c2c(c1[2H])c1c3c(-c4ccccc4)cccc3ccc1n2-c1cccc(N(c2ccc(-c3ccccc3)cc2)c2ccc3c(c2)oc2ccccc23)c1. The quantitative estimate of drug-likeness (QED) is 0.172. The number of furan rings is 1. The average molecular weight is 707 g/mol. The van der Waals surface area contributed by atoms with Crippen LogP contribution in [0, 0.1) is 0 Å². The molecule has 3 nitrogen and oxygen atoms in total. The summed E-state index contributed by atoms with van der Waals surface area (Å²) >= 11 is 0. The first-order valence-electron chi connectivity index (χ1n) is 20.4. The molecule has 0 saturated carbocycles. The van der Waals surface area contributed by atoms with Crippen molar-refractivity contribution in [1.82, 2.24) is 4.57 Å². The zero-order valence-corrected chi connectivity index (χ0v) is 29.6. The van der Waals surface area contributed by atoms with Gasteiger partial charge in [0, 0.05) is 50.4 Å². The van der Waals surface area contributed by atoms with Crippen molar-refractivity contribution in [2.45, 2.75) is 0 Å². The van der Waals surface area contributed by atoms with Crippen molar-refractivity contribution in [3.05, 3.63) is 206 Å². The summed E-state index contributed by atoms with van der Waals surface area (Å²) in [4.78, 5) is 2.21. The third-order valence-corrected chi connectivity index (χ3v) is 10.7. The highest BCUT2D eigenvalue weighted by molar-refractivity contribution is 6.25. The molecule has 0 N–H and O–H groups in total. The number of hydrogen-bond donors (Lipinski definition) is 0. The zero-order chi connectivity index (χ0) is 39.8. The molecule has 0 bridgehead atoms. The summed E-state index contributed by atoms with van der Waals surface area (Å²) in [5.74, 6) is 0. The molecule has 0 unspecified atom stereocenters. The highest BCUT2D eigenvalue weighted by atomic mass is 16.3. The molecule has 0 amide bonds. The minimum absolute atomic E-state index is 0.0597. The molecule has 3 heteroatoms. The van der Waals surface area contributed by atoms with Gasteiger partial charge < -0.3 is 13.9 Å². The minimum atomic E-state index is -0.269. The first kappa shape index (κ1) is 27.3. The maximum atomic E-state index is 9.36. The number of aromatic nitrogens is 1. The molecule has 55 heavy (non-hydrogen) atoms. The summed E-state index contributed by atoms with van der Waals surface area (Å²) in [5.41, 5.74) is 10.6. The van der Waals surface area contributed by atoms with Crippen LogP contribution < -0.4 is 4.90 Å². The summed E-state index contributed by atoms with van der Waals surface area (Å²) < 4.78 is 44.7. The monoisotopic (exact) mass is 706 g/mol. The zero-order valence-electron chi connectivity index (χ0n) is 33.6. The molecule has 0 aliphatic rings. The van der Waals surface area contributed by atoms with Crippen LogP contribution in [0.4, 0.5) is 17.1 Å². The Morgan fingerprint density at radius 2 is 1.13 bits per heavy atom. The van der Waals surface area contributed by atoms with Gasteiger partial charge in [0.05, 0.1) is 16.5 Å². The molecule has 0 spiro atoms. The summed E-state index contributed by atoms with van der Waals surface area (Å²) in [7, 11) is 0. The first-order chi connectivity index (χ1) is 28.9. The van der Waals surface area contributed by atoms with E-state index in [2.05, 4.69) is 108 Å². The normalized spacial score (nSPS) is 12.7. The van der Waals surface area contributed by atoms with Gasteiger partial charge in [-0.25, -0.2) is 0 Å². The number of nitrogens with zero attached hydrogens (tertiary/aromatic N) is 2. The van der Waals surface area contributed by atoms with Gasteiger partial charge in [0.15, 0.2) is 0 Å². The van der Waals surface area contributed by atoms with E-state index in [1.165, 1.54) is 0 Å². The molecule has 0 aliphatic heterocycles. The molecule has 11 rings (SSSR count). The van der Waals surface area contributed by atoms with E-state index >= 15 is 0 Å². The van der Waals surface area contributed by atoms with Gasteiger partial charge in [0.25, 0.3) is 0 Å². The fourth-order valence-corrected chi connectivity index (χ4v) is 8.21. The minimum Gasteiger partial charge on any atom is -0.456 e. The molecule has 0 saturated heterocycles. The van der Waals surface area contributed by atoms with Gasteiger partial charge in [-0.05, 0) is 93.7 Å². The van der Waals surface area contributed by atoms with Crippen molar-refractivity contribution in [3.63, 3.8) is 0 Å². The van der Waals surface area contributed by atoms with Gasteiger partial charge in [0.1, 0.15) is 11.2 Å². The van der Waals surface area contributed by atoms with Crippen molar-refractivity contribution in [2.75, 3.05) is 4.90 Å². The fraction of sp³-hybridized carbons (Fsp3) is 0. The molecule has 0 radical (unpaired) electrons. The number of anilines is 3. The summed E-state index contributed by atoms with van der Waals surface area (Å²) in [6.07, 6.45) is 0. The summed E-state index contributed by atoms with van der Waals surface area (Å²) in [6.45, 7) is 0. The van der Waals surface area contributed by atoms with E-state index in [-0.39, 0.29) is 24.2 Å². The van der Waals surface area contributed by atoms with Crippen molar-refractivity contribution >= 4 is 71.6 Å². The topological polar surface area (TPSA) is 21.3 Å². The number of benzene rings is 9. The van der Waals surface area contributed by atoms with Crippen LogP contribution in [0.15, 0.2) is 211 Å². The molecule has 0 aliphatic carbocycles. The van der Waals surface area contributed by atoms with Crippen LogP contribution in [0.5, 0.6) is 0 Å². The molecule has 11 aromatic rings. The van der Waals surface area contributed by atoms with Gasteiger partial charge in [-0.3, -0.25) is 0 Å². The van der Waals surface area contributed by atoms with Gasteiger partial charge in [-0.2, -0.15) is 0 Å². The van der Waals surface area contributed by atoms with Gasteiger partial charge in [0.2, 0.25) is 0 Å². The van der Waals surface area contributed by atoms with Gasteiger partial charge >= 0.3 is 0 Å². The summed E-state index contributed by atoms with van der Waals surface area (Å²) in [6, 6.07) is 61.3. The number of rotatable bonds is 6. The van der Waals surface area contributed by atoms with Crippen LogP contribution in [-0.2, 0) is 0 Å². The van der Waals surface area contributed by atoms with Crippen molar-refractivity contribution in [2.24, 2.45) is 0 Å². The lowest BCUT2D eigenvalue weighted by Crippen LogP contribution is -2.10. The van der Waals surface area contributed by atoms with Crippen molar-refractivity contribution in [3.8, 4) is 27.9 Å². The van der Waals surface area contributed by atoms with E-state index < -0.39 is 0 Å². The second-order valence-corrected chi connectivity index (χ2v) is 13.8. The molecule has 9 aromatic carbocycles. The Hall–Kier alpha value is -7.36. The Bertz CT molecular complexity index is 3430. The van der Waals surface area contributed by atoms with Crippen LogP contribution in [0.3, 0.4) is 0 Å². The Balaban J connectivity index is 1.17. The molecule has 0 fully saturated rings. The van der Waals surface area contributed by atoms with Crippen molar-refractivity contribution < 1.29 is 9.90 Å². The Kier molecular flexibility index (Phi) is 6.27. The third-order valence-electron chi connectivity index (χ3n) is 10.7. The highest BCUT2D eigenvalue weighted by Crippen LogP contribution is 2.43. The standard InChI is InChI=1S/C52H34N2O/c1-3-13-35(14-4-1)36-25-28-39(29-26-36)53(42-30-31-45-44-20-8-10-24-49(44)55-50(45)34-42)40-18-12-19-41(33-40)54-47-23-9-7-21-46(47)52-48(54)32-27-38-17-11-22-43(51(38)52)37-15-5-2-6-16-37/h1-34H/i7D,9D,21D,23D. The number of hydrogen-bond acceptors (Lipinski definition) is 2. The summed E-state index contributed by atoms with van der Waals surface area (Å²) in [5, 5.41) is 5.32. The van der Waals surface area contributed by atoms with E-state index in [1.807, 2.05) is 83.4 Å². The average Bonchev–Trinajstić information content (AvgIpc) is 3.85. The smallest absolute Gasteiger partial charge is 0.137 e. The van der Waals surface area contributed by atoms with Crippen LogP contribution in [0.2, 0.25) is 0 Å². The van der Waals surface area contributed by atoms with E-state index in [0.29, 0.717) is 10.9 Å². The fourth-order valence-electron chi connectivity index (χ4n) is 8.21. The van der Waals surface area contributed by atoms with Crippen molar-refractivity contribution in [1.29, 1.82) is 0 Å². The maximum Gasteiger partial charge on any atom is 0.137 e. The molecule has 2 aromatic heterocycles. The maximum absolute atomic E-state index is 9.36. The Morgan fingerprint density at radius 1 is 0.436 bits per heavy atom. The van der Waals surface area contributed by atoms with Crippen LogP contribution in [0.25, 0.3) is 82.5 Å². The highest BCUT2D eigenvalue weighted by Gasteiger charge is 2.20. The van der Waals surface area contributed by atoms with E-state index in [0.717, 1.165) is 88.6 Å². The predicted octanol–water partition coefficient (Wildman–Crippen LogP) is 14.6. The third kappa shape index (κ3) is 5.13. The lowest BCUT2D eigenvalue weighted by molar-refractivity contribution is 0.669. The van der Waals surface area contributed by atoms with E-state index in [4.69, 9.17) is 7.16 Å². The van der Waals surface area contributed by atoms with Gasteiger partial charge in [-0.1, -0.05) is 139 Å². The molecule has 2 heterocycles. The second-order valence-electron chi connectivity index (χ2n) is 13.8. The van der Waals surface area contributed by atoms with Gasteiger partial charge in [-0.15, -0.1) is 0 Å². The Morgan fingerprint density at radius 3 is 1.98 bits per heavy atom. The predicted molar refractivity (Wildman–Crippen MR) is 231 cm³/mol. The van der Waals surface area contributed by atoms with Crippen LogP contribution in [-0.4, -0.2) is 4.57 Å². The first-order valence-corrected chi connectivity index (χ1v) is 18.4. The molecule has 0 atom stereocenters. The second kappa shape index (κ2) is 12.6. The van der Waals surface area contributed by atoms with E-state index in [9.17, 15) is 2.74 Å². The largest absolute Gasteiger partial charge is 0.456 e. The number of para-hydroxylation sites is 2. The van der Waals surface area contributed by atoms with Crippen LogP contribution >= 0.6 is 0 Å². The molecular formula is C52H34N2O.